The van der Waals surface area contributed by atoms with Crippen LogP contribution in [0.5, 0.6) is 5.75 Å². The summed E-state index contributed by atoms with van der Waals surface area (Å²) in [5.74, 6) is 0.785. The molecule has 9 heteroatoms. The van der Waals surface area contributed by atoms with Crippen molar-refractivity contribution in [3.63, 3.8) is 0 Å². The third kappa shape index (κ3) is 5.01. The summed E-state index contributed by atoms with van der Waals surface area (Å²) in [4.78, 5) is 16.4. The highest BCUT2D eigenvalue weighted by atomic mass is 32.2. The minimum absolute atomic E-state index is 0.00636. The van der Waals surface area contributed by atoms with Crippen LogP contribution in [-0.2, 0) is 14.8 Å². The van der Waals surface area contributed by atoms with Gasteiger partial charge in [-0.15, -0.1) is 0 Å². The largest absolute Gasteiger partial charge is 0.495 e. The number of aliphatic imine (C=N–C) groups is 1. The molecule has 0 saturated heterocycles. The van der Waals surface area contributed by atoms with Gasteiger partial charge in [-0.25, -0.2) is 8.42 Å². The van der Waals surface area contributed by atoms with Crippen LogP contribution in [0.4, 0.5) is 11.4 Å². The number of amidine groups is 1. The van der Waals surface area contributed by atoms with E-state index in [1.54, 1.807) is 31.4 Å². The molecule has 3 N–H and O–H groups in total. The predicted molar refractivity (Wildman–Crippen MR) is 108 cm³/mol. The minimum Gasteiger partial charge on any atom is -0.495 e. The van der Waals surface area contributed by atoms with Gasteiger partial charge in [-0.2, -0.15) is 0 Å². The fourth-order valence-corrected chi connectivity index (χ4v) is 3.88. The molecule has 0 atom stereocenters. The predicted octanol–water partition coefficient (Wildman–Crippen LogP) is 2.22. The van der Waals surface area contributed by atoms with Gasteiger partial charge < -0.3 is 15.4 Å². The zero-order valence-electron chi connectivity index (χ0n) is 15.4. The van der Waals surface area contributed by atoms with Crippen molar-refractivity contribution in [3.05, 3.63) is 48.5 Å². The lowest BCUT2D eigenvalue weighted by Gasteiger charge is -2.12. The van der Waals surface area contributed by atoms with E-state index in [4.69, 9.17) is 4.74 Å². The number of nitrogens with one attached hydrogen (secondary N) is 3. The van der Waals surface area contributed by atoms with Crippen LogP contribution in [0.15, 0.2) is 58.4 Å². The molecule has 3 rings (SSSR count). The number of sulfonamides is 1. The lowest BCUT2D eigenvalue weighted by molar-refractivity contribution is -0.114. The van der Waals surface area contributed by atoms with Gasteiger partial charge in [-0.1, -0.05) is 18.2 Å². The van der Waals surface area contributed by atoms with E-state index in [9.17, 15) is 13.2 Å². The second-order valence-corrected chi connectivity index (χ2v) is 7.85. The molecule has 148 valence electrons. The van der Waals surface area contributed by atoms with Gasteiger partial charge in [-0.05, 0) is 36.8 Å². The third-order valence-corrected chi connectivity index (χ3v) is 5.48. The molecule has 0 saturated carbocycles. The molecule has 1 amide bonds. The van der Waals surface area contributed by atoms with Crippen molar-refractivity contribution >= 4 is 33.1 Å². The summed E-state index contributed by atoms with van der Waals surface area (Å²) in [6.07, 6.45) is 1.46. The van der Waals surface area contributed by atoms with Gasteiger partial charge >= 0.3 is 0 Å². The Bertz CT molecular complexity index is 989. The normalized spacial score (nSPS) is 13.5. The number of anilines is 2. The minimum atomic E-state index is -3.73. The molecule has 1 aliphatic heterocycles. The average molecular weight is 402 g/mol. The van der Waals surface area contributed by atoms with Crippen LogP contribution < -0.4 is 20.1 Å². The molecule has 1 heterocycles. The summed E-state index contributed by atoms with van der Waals surface area (Å²) in [5.41, 5.74) is 1.08. The summed E-state index contributed by atoms with van der Waals surface area (Å²) < 4.78 is 32.7. The lowest BCUT2D eigenvalue weighted by Crippen LogP contribution is -2.29. The summed E-state index contributed by atoms with van der Waals surface area (Å²) >= 11 is 0. The SMILES string of the molecule is COc1ccccc1NCC(=O)Nc1cccc(S(=O)(=O)NC2=NCCC2)c1. The van der Waals surface area contributed by atoms with E-state index < -0.39 is 10.0 Å². The van der Waals surface area contributed by atoms with Gasteiger partial charge in [0, 0.05) is 18.7 Å². The highest BCUT2D eigenvalue weighted by Gasteiger charge is 2.18. The van der Waals surface area contributed by atoms with E-state index in [0.29, 0.717) is 35.9 Å². The number of hydrogen-bond donors (Lipinski definition) is 3. The van der Waals surface area contributed by atoms with Crippen LogP contribution in [0.25, 0.3) is 0 Å². The van der Waals surface area contributed by atoms with Gasteiger partial charge in [0.05, 0.1) is 24.2 Å². The van der Waals surface area contributed by atoms with Crippen molar-refractivity contribution in [2.45, 2.75) is 17.7 Å². The molecule has 0 aromatic heterocycles. The number of amides is 1. The average Bonchev–Trinajstić information content (AvgIpc) is 3.19. The fourth-order valence-electron chi connectivity index (χ4n) is 2.75. The van der Waals surface area contributed by atoms with Crippen LogP contribution in [0.1, 0.15) is 12.8 Å². The van der Waals surface area contributed by atoms with Gasteiger partial charge in [-0.3, -0.25) is 14.5 Å². The van der Waals surface area contributed by atoms with E-state index in [-0.39, 0.29) is 17.3 Å². The van der Waals surface area contributed by atoms with Gasteiger partial charge in [0.1, 0.15) is 11.6 Å². The highest BCUT2D eigenvalue weighted by molar-refractivity contribution is 7.90. The standard InChI is InChI=1S/C19H22N4O4S/c1-27-17-9-3-2-8-16(17)21-13-19(24)22-14-6-4-7-15(12-14)28(25,26)23-18-10-5-11-20-18/h2-4,6-9,12,21H,5,10-11,13H2,1H3,(H,20,23)(H,22,24). The van der Waals surface area contributed by atoms with Crippen molar-refractivity contribution in [3.8, 4) is 5.75 Å². The smallest absolute Gasteiger partial charge is 0.262 e. The van der Waals surface area contributed by atoms with Crippen molar-refractivity contribution < 1.29 is 17.9 Å². The van der Waals surface area contributed by atoms with Gasteiger partial charge in [0.2, 0.25) is 5.91 Å². The maximum absolute atomic E-state index is 12.5. The van der Waals surface area contributed by atoms with Crippen LogP contribution in [-0.4, -0.2) is 40.4 Å². The molecular weight excluding hydrogens is 380 g/mol. The van der Waals surface area contributed by atoms with E-state index in [2.05, 4.69) is 20.3 Å². The van der Waals surface area contributed by atoms with Gasteiger partial charge in [0.15, 0.2) is 0 Å². The number of carbonyl (C=O) groups is 1. The van der Waals surface area contributed by atoms with Crippen molar-refractivity contribution in [1.82, 2.24) is 4.72 Å². The quantitative estimate of drug-likeness (QED) is 0.658. The van der Waals surface area contributed by atoms with Crippen molar-refractivity contribution in [2.24, 2.45) is 4.99 Å². The summed E-state index contributed by atoms with van der Waals surface area (Å²) in [5, 5.41) is 5.69. The second-order valence-electron chi connectivity index (χ2n) is 6.17. The number of methoxy groups -OCH3 is 1. The number of rotatable bonds is 7. The maximum atomic E-state index is 12.5. The second kappa shape index (κ2) is 8.75. The van der Waals surface area contributed by atoms with Crippen LogP contribution in [0, 0.1) is 0 Å². The Morgan fingerprint density at radius 2 is 2.00 bits per heavy atom. The molecule has 8 nitrogen and oxygen atoms in total. The number of carbonyl (C=O) groups excluding carboxylic acids is 1. The summed E-state index contributed by atoms with van der Waals surface area (Å²) in [6.45, 7) is 0.638. The number of para-hydroxylation sites is 2. The van der Waals surface area contributed by atoms with Crippen molar-refractivity contribution in [2.75, 3.05) is 30.8 Å². The Morgan fingerprint density at radius 3 is 2.75 bits per heavy atom. The third-order valence-electron chi connectivity index (χ3n) is 4.10. The lowest BCUT2D eigenvalue weighted by atomic mass is 10.3. The summed E-state index contributed by atoms with van der Waals surface area (Å²) in [6, 6.07) is 13.4. The Kier molecular flexibility index (Phi) is 6.15. The zero-order valence-corrected chi connectivity index (χ0v) is 16.3. The molecule has 2 aromatic carbocycles. The summed E-state index contributed by atoms with van der Waals surface area (Å²) in [7, 11) is -2.18. The van der Waals surface area contributed by atoms with Crippen LogP contribution >= 0.6 is 0 Å². The molecular formula is C19H22N4O4S. The van der Waals surface area contributed by atoms with E-state index in [1.165, 1.54) is 12.1 Å². The number of benzene rings is 2. The number of ether oxygens (including phenoxy) is 1. The van der Waals surface area contributed by atoms with E-state index in [1.807, 2.05) is 12.1 Å². The molecule has 0 unspecified atom stereocenters. The molecule has 2 aromatic rings. The van der Waals surface area contributed by atoms with Crippen LogP contribution in [0.2, 0.25) is 0 Å². The first-order valence-electron chi connectivity index (χ1n) is 8.81. The van der Waals surface area contributed by atoms with Crippen molar-refractivity contribution in [1.29, 1.82) is 0 Å². The van der Waals surface area contributed by atoms with Gasteiger partial charge in [0.25, 0.3) is 10.0 Å². The Labute approximate surface area is 164 Å². The first-order valence-corrected chi connectivity index (χ1v) is 10.3. The van der Waals surface area contributed by atoms with Crippen LogP contribution in [0.3, 0.4) is 0 Å². The Hall–Kier alpha value is -3.07. The Morgan fingerprint density at radius 1 is 1.18 bits per heavy atom. The highest BCUT2D eigenvalue weighted by Crippen LogP contribution is 2.22. The molecule has 0 radical (unpaired) electrons. The molecule has 0 bridgehead atoms. The molecule has 0 fully saturated rings. The Balaban J connectivity index is 1.63. The monoisotopic (exact) mass is 402 g/mol. The first-order chi connectivity index (χ1) is 13.5. The van der Waals surface area contributed by atoms with E-state index >= 15 is 0 Å². The number of nitrogens with zero attached hydrogens (tertiary/aromatic N) is 1. The maximum Gasteiger partial charge on any atom is 0.262 e. The van der Waals surface area contributed by atoms with E-state index in [0.717, 1.165) is 6.42 Å². The molecule has 0 spiro atoms. The first kappa shape index (κ1) is 19.7. The topological polar surface area (TPSA) is 109 Å². The molecule has 1 aliphatic rings. The zero-order chi connectivity index (χ0) is 20.0. The number of hydrogen-bond acceptors (Lipinski definition) is 6. The fraction of sp³-hybridized carbons (Fsp3) is 0.263. The molecule has 28 heavy (non-hydrogen) atoms. The molecule has 0 aliphatic carbocycles.